The van der Waals surface area contributed by atoms with E-state index in [4.69, 9.17) is 0 Å². The molecule has 11 heavy (non-hydrogen) atoms. The molecule has 1 N–H and O–H groups in total. The van der Waals surface area contributed by atoms with Crippen LogP contribution in [0.1, 0.15) is 46.5 Å². The maximum atomic E-state index is 4.26. The van der Waals surface area contributed by atoms with Crippen molar-refractivity contribution in [1.29, 1.82) is 0 Å². The molecule has 2 heteroatoms. The van der Waals surface area contributed by atoms with Crippen molar-refractivity contribution in [3.63, 3.8) is 0 Å². The van der Waals surface area contributed by atoms with Crippen LogP contribution in [-0.2, 0) is 0 Å². The molecular weight excluding hydrogens is 136 g/mol. The highest BCUT2D eigenvalue weighted by atomic mass is 15.3. The van der Waals surface area contributed by atoms with Crippen LogP contribution in [-0.4, -0.2) is 12.3 Å². The molecular formula is C9H20N2. The van der Waals surface area contributed by atoms with Crippen molar-refractivity contribution < 1.29 is 0 Å². The van der Waals surface area contributed by atoms with Gasteiger partial charge in [0, 0.05) is 12.3 Å². The van der Waals surface area contributed by atoms with Crippen molar-refractivity contribution in [3.8, 4) is 0 Å². The quantitative estimate of drug-likeness (QED) is 0.357. The number of nitrogens with one attached hydrogen (secondary N) is 1. The van der Waals surface area contributed by atoms with Gasteiger partial charge >= 0.3 is 0 Å². The third-order valence-corrected chi connectivity index (χ3v) is 1.70. The lowest BCUT2D eigenvalue weighted by Gasteiger charge is -2.01. The first kappa shape index (κ1) is 10.5. The maximum Gasteiger partial charge on any atom is 0.0372 e. The third-order valence-electron chi connectivity index (χ3n) is 1.70. The van der Waals surface area contributed by atoms with E-state index in [2.05, 4.69) is 31.3 Å². The van der Waals surface area contributed by atoms with Gasteiger partial charge in [0.15, 0.2) is 0 Å². The van der Waals surface area contributed by atoms with E-state index in [1.165, 1.54) is 18.6 Å². The van der Waals surface area contributed by atoms with Gasteiger partial charge in [-0.25, -0.2) is 0 Å². The molecule has 0 spiro atoms. The van der Waals surface area contributed by atoms with Crippen molar-refractivity contribution in [3.05, 3.63) is 0 Å². The molecule has 0 saturated carbocycles. The Morgan fingerprint density at radius 3 is 2.27 bits per heavy atom. The van der Waals surface area contributed by atoms with Crippen LogP contribution in [0.25, 0.3) is 0 Å². The zero-order valence-corrected chi connectivity index (χ0v) is 7.98. The van der Waals surface area contributed by atoms with Crippen molar-refractivity contribution >= 4 is 5.71 Å². The lowest BCUT2D eigenvalue weighted by atomic mass is 10.2. The molecule has 0 aromatic rings. The number of hydrogen-bond acceptors (Lipinski definition) is 2. The van der Waals surface area contributed by atoms with E-state index in [1.807, 2.05) is 0 Å². The minimum Gasteiger partial charge on any atom is -0.310 e. The van der Waals surface area contributed by atoms with E-state index in [-0.39, 0.29) is 0 Å². The van der Waals surface area contributed by atoms with E-state index in [1.54, 1.807) is 0 Å². The smallest absolute Gasteiger partial charge is 0.0372 e. The monoisotopic (exact) mass is 156 g/mol. The molecule has 0 aromatic carbocycles. The van der Waals surface area contributed by atoms with Crippen LogP contribution in [0.2, 0.25) is 0 Å². The van der Waals surface area contributed by atoms with Gasteiger partial charge in [-0.05, 0) is 19.3 Å². The molecule has 66 valence electrons. The first-order chi connectivity index (χ1) is 5.35. The Balaban J connectivity index is 3.37. The van der Waals surface area contributed by atoms with Gasteiger partial charge in [0.05, 0.1) is 0 Å². The Kier molecular flexibility index (Phi) is 7.21. The molecule has 0 saturated heterocycles. The lowest BCUT2D eigenvalue weighted by molar-refractivity contribution is 0.668. The van der Waals surface area contributed by atoms with Crippen LogP contribution in [0.15, 0.2) is 5.10 Å². The normalized spacial score (nSPS) is 9.36. The molecule has 0 unspecified atom stereocenters. The van der Waals surface area contributed by atoms with Crippen LogP contribution in [0.4, 0.5) is 0 Å². The fourth-order valence-corrected chi connectivity index (χ4v) is 0.832. The van der Waals surface area contributed by atoms with Gasteiger partial charge in [-0.1, -0.05) is 27.2 Å². The summed E-state index contributed by atoms with van der Waals surface area (Å²) < 4.78 is 0. The van der Waals surface area contributed by atoms with Crippen LogP contribution in [0.3, 0.4) is 0 Å². The summed E-state index contributed by atoms with van der Waals surface area (Å²) in [6.07, 6.45) is 4.57. The van der Waals surface area contributed by atoms with Gasteiger partial charge < -0.3 is 5.43 Å². The molecule has 0 atom stereocenters. The van der Waals surface area contributed by atoms with Gasteiger partial charge in [-0.15, -0.1) is 0 Å². The predicted octanol–water partition coefficient (Wildman–Crippen LogP) is 2.55. The fraction of sp³-hybridized carbons (Fsp3) is 0.889. The molecule has 0 aliphatic carbocycles. The zero-order chi connectivity index (χ0) is 8.53. The predicted molar refractivity (Wildman–Crippen MR) is 50.9 cm³/mol. The second-order valence-electron chi connectivity index (χ2n) is 2.65. The molecule has 0 amide bonds. The second kappa shape index (κ2) is 7.58. The average molecular weight is 156 g/mol. The standard InChI is InChI=1S/C9H20N2/c1-4-7-8-10-11-9(5-2)6-3/h10H,4-8H2,1-3H3. The van der Waals surface area contributed by atoms with E-state index in [0.29, 0.717) is 0 Å². The summed E-state index contributed by atoms with van der Waals surface area (Å²) in [4.78, 5) is 0. The summed E-state index contributed by atoms with van der Waals surface area (Å²) in [6, 6.07) is 0. The highest BCUT2D eigenvalue weighted by Gasteiger charge is 1.89. The Labute approximate surface area is 70.1 Å². The van der Waals surface area contributed by atoms with Gasteiger partial charge in [0.1, 0.15) is 0 Å². The summed E-state index contributed by atoms with van der Waals surface area (Å²) in [5.41, 5.74) is 4.34. The molecule has 2 nitrogen and oxygen atoms in total. The Hall–Kier alpha value is -0.530. The highest BCUT2D eigenvalue weighted by molar-refractivity contribution is 5.83. The minimum absolute atomic E-state index is 1.01. The number of rotatable bonds is 6. The molecule has 0 bridgehead atoms. The Morgan fingerprint density at radius 2 is 1.82 bits per heavy atom. The van der Waals surface area contributed by atoms with Crippen LogP contribution >= 0.6 is 0 Å². The molecule has 0 aliphatic rings. The third kappa shape index (κ3) is 5.89. The number of nitrogens with zero attached hydrogens (tertiary/aromatic N) is 1. The first-order valence-electron chi connectivity index (χ1n) is 4.63. The van der Waals surface area contributed by atoms with E-state index < -0.39 is 0 Å². The fourth-order valence-electron chi connectivity index (χ4n) is 0.832. The van der Waals surface area contributed by atoms with Gasteiger partial charge in [-0.3, -0.25) is 0 Å². The van der Waals surface area contributed by atoms with Crippen molar-refractivity contribution in [1.82, 2.24) is 5.43 Å². The number of unbranched alkanes of at least 4 members (excludes halogenated alkanes) is 1. The molecule has 0 aromatic heterocycles. The van der Waals surface area contributed by atoms with E-state index in [0.717, 1.165) is 19.4 Å². The molecule has 0 radical (unpaired) electrons. The molecule has 0 rings (SSSR count). The molecule has 0 aliphatic heterocycles. The molecule has 0 heterocycles. The Bertz CT molecular complexity index is 102. The van der Waals surface area contributed by atoms with Gasteiger partial charge in [0.2, 0.25) is 0 Å². The maximum absolute atomic E-state index is 4.26. The molecule has 0 fully saturated rings. The topological polar surface area (TPSA) is 24.4 Å². The number of hydrazone groups is 1. The van der Waals surface area contributed by atoms with Crippen LogP contribution in [0, 0.1) is 0 Å². The SMILES string of the molecule is CCCCNN=C(CC)CC. The lowest BCUT2D eigenvalue weighted by Crippen LogP contribution is -2.10. The van der Waals surface area contributed by atoms with Crippen molar-refractivity contribution in [2.24, 2.45) is 5.10 Å². The summed E-state index contributed by atoms with van der Waals surface area (Å²) >= 11 is 0. The number of hydrogen-bond donors (Lipinski definition) is 1. The first-order valence-corrected chi connectivity index (χ1v) is 4.63. The van der Waals surface area contributed by atoms with E-state index in [9.17, 15) is 0 Å². The van der Waals surface area contributed by atoms with Crippen molar-refractivity contribution in [2.45, 2.75) is 46.5 Å². The highest BCUT2D eigenvalue weighted by Crippen LogP contribution is 1.90. The van der Waals surface area contributed by atoms with Gasteiger partial charge in [0.25, 0.3) is 0 Å². The Morgan fingerprint density at radius 1 is 1.18 bits per heavy atom. The minimum atomic E-state index is 1.01. The zero-order valence-electron chi connectivity index (χ0n) is 7.98. The second-order valence-corrected chi connectivity index (χ2v) is 2.65. The summed E-state index contributed by atoms with van der Waals surface area (Å²) in [6.45, 7) is 7.49. The van der Waals surface area contributed by atoms with Gasteiger partial charge in [-0.2, -0.15) is 5.10 Å². The summed E-state index contributed by atoms with van der Waals surface area (Å²) in [7, 11) is 0. The summed E-state index contributed by atoms with van der Waals surface area (Å²) in [5, 5.41) is 4.26. The largest absolute Gasteiger partial charge is 0.310 e. The summed E-state index contributed by atoms with van der Waals surface area (Å²) in [5.74, 6) is 0. The van der Waals surface area contributed by atoms with Crippen LogP contribution in [0.5, 0.6) is 0 Å². The van der Waals surface area contributed by atoms with Crippen molar-refractivity contribution in [2.75, 3.05) is 6.54 Å². The average Bonchev–Trinajstić information content (AvgIpc) is 2.05. The van der Waals surface area contributed by atoms with Crippen LogP contribution < -0.4 is 5.43 Å². The van der Waals surface area contributed by atoms with E-state index >= 15 is 0 Å².